The van der Waals surface area contributed by atoms with Crippen LogP contribution in [-0.2, 0) is 13.0 Å². The number of rotatable bonds is 3. The second-order valence-electron chi connectivity index (χ2n) is 2.71. The van der Waals surface area contributed by atoms with Crippen molar-refractivity contribution in [3.05, 3.63) is 16.4 Å². The van der Waals surface area contributed by atoms with Crippen LogP contribution >= 0.6 is 11.6 Å². The van der Waals surface area contributed by atoms with Crippen molar-refractivity contribution in [2.45, 2.75) is 26.3 Å². The van der Waals surface area contributed by atoms with E-state index in [1.807, 2.05) is 19.1 Å². The van der Waals surface area contributed by atoms with Crippen molar-refractivity contribution in [1.29, 1.82) is 10.5 Å². The average molecular weight is 209 g/mol. The molecule has 0 bridgehead atoms. The zero-order chi connectivity index (χ0) is 10.6. The summed E-state index contributed by atoms with van der Waals surface area (Å²) >= 11 is 5.91. The first-order valence-corrected chi connectivity index (χ1v) is 4.64. The van der Waals surface area contributed by atoms with E-state index in [-0.39, 0.29) is 0 Å². The number of nitriles is 2. The fourth-order valence-corrected chi connectivity index (χ4v) is 1.42. The molecule has 0 radical (unpaired) electrons. The standard InChI is InChI=1S/C9H9ClN4/c1-2-8-7(6-12)9(10)14(13-8)5-3-4-11/h2-3,5H2,1H3. The van der Waals surface area contributed by atoms with Crippen molar-refractivity contribution < 1.29 is 0 Å². The van der Waals surface area contributed by atoms with E-state index < -0.39 is 0 Å². The molecule has 0 amide bonds. The Labute approximate surface area is 87.3 Å². The molecule has 14 heavy (non-hydrogen) atoms. The molecule has 0 saturated carbocycles. The lowest BCUT2D eigenvalue weighted by Crippen LogP contribution is -1.99. The van der Waals surface area contributed by atoms with Gasteiger partial charge in [-0.25, -0.2) is 0 Å². The third-order valence-corrected chi connectivity index (χ3v) is 2.23. The molecule has 1 rings (SSSR count). The molecule has 1 aromatic heterocycles. The lowest BCUT2D eigenvalue weighted by atomic mass is 10.2. The van der Waals surface area contributed by atoms with E-state index in [2.05, 4.69) is 5.10 Å². The van der Waals surface area contributed by atoms with Gasteiger partial charge in [0.2, 0.25) is 0 Å². The van der Waals surface area contributed by atoms with Gasteiger partial charge < -0.3 is 0 Å². The van der Waals surface area contributed by atoms with Gasteiger partial charge in [0, 0.05) is 0 Å². The number of hydrogen-bond acceptors (Lipinski definition) is 3. The summed E-state index contributed by atoms with van der Waals surface area (Å²) in [4.78, 5) is 0. The lowest BCUT2D eigenvalue weighted by Gasteiger charge is -1.96. The first kappa shape index (κ1) is 10.6. The molecule has 1 heterocycles. The maximum atomic E-state index is 8.82. The molecule has 5 heteroatoms. The van der Waals surface area contributed by atoms with Gasteiger partial charge in [-0.2, -0.15) is 15.6 Å². The van der Waals surface area contributed by atoms with Gasteiger partial charge in [-0.3, -0.25) is 4.68 Å². The molecule has 0 unspecified atom stereocenters. The highest BCUT2D eigenvalue weighted by Gasteiger charge is 2.13. The van der Waals surface area contributed by atoms with Crippen LogP contribution < -0.4 is 0 Å². The molecular formula is C9H9ClN4. The minimum Gasteiger partial charge on any atom is -0.251 e. The monoisotopic (exact) mass is 208 g/mol. The normalized spacial score (nSPS) is 9.43. The summed E-state index contributed by atoms with van der Waals surface area (Å²) in [5, 5.41) is 21.7. The van der Waals surface area contributed by atoms with Crippen LogP contribution in [0.3, 0.4) is 0 Å². The van der Waals surface area contributed by atoms with Gasteiger partial charge in [-0.1, -0.05) is 18.5 Å². The van der Waals surface area contributed by atoms with Gasteiger partial charge in [-0.05, 0) is 6.42 Å². The summed E-state index contributed by atoms with van der Waals surface area (Å²) in [5.41, 5.74) is 1.11. The molecule has 0 N–H and O–H groups in total. The Balaban J connectivity index is 3.04. The van der Waals surface area contributed by atoms with Crippen molar-refractivity contribution in [2.75, 3.05) is 0 Å². The Morgan fingerprint density at radius 3 is 2.64 bits per heavy atom. The minimum absolute atomic E-state index is 0.333. The highest BCUT2D eigenvalue weighted by Crippen LogP contribution is 2.19. The summed E-state index contributed by atoms with van der Waals surface area (Å²) < 4.78 is 1.50. The van der Waals surface area contributed by atoms with E-state index in [1.54, 1.807) is 0 Å². The second kappa shape index (κ2) is 4.64. The lowest BCUT2D eigenvalue weighted by molar-refractivity contribution is 0.619. The van der Waals surface area contributed by atoms with Gasteiger partial charge in [0.1, 0.15) is 16.8 Å². The number of halogens is 1. The van der Waals surface area contributed by atoms with Crippen LogP contribution in [0.25, 0.3) is 0 Å². The zero-order valence-corrected chi connectivity index (χ0v) is 8.54. The van der Waals surface area contributed by atoms with Crippen molar-refractivity contribution in [2.24, 2.45) is 0 Å². The Morgan fingerprint density at radius 2 is 2.21 bits per heavy atom. The summed E-state index contributed by atoms with van der Waals surface area (Å²) in [6.07, 6.45) is 1.01. The van der Waals surface area contributed by atoms with Crippen LogP contribution in [0.15, 0.2) is 0 Å². The van der Waals surface area contributed by atoms with E-state index in [0.717, 1.165) is 0 Å². The summed E-state index contributed by atoms with van der Waals surface area (Å²) in [5.74, 6) is 0. The first-order chi connectivity index (χ1) is 6.74. The molecule has 1 aromatic rings. The highest BCUT2D eigenvalue weighted by molar-refractivity contribution is 6.30. The van der Waals surface area contributed by atoms with Crippen LogP contribution in [0.2, 0.25) is 5.15 Å². The van der Waals surface area contributed by atoms with Gasteiger partial charge >= 0.3 is 0 Å². The van der Waals surface area contributed by atoms with Crippen LogP contribution in [0.1, 0.15) is 24.6 Å². The second-order valence-corrected chi connectivity index (χ2v) is 3.07. The quantitative estimate of drug-likeness (QED) is 0.762. The molecule has 72 valence electrons. The zero-order valence-electron chi connectivity index (χ0n) is 7.79. The maximum absolute atomic E-state index is 8.82. The average Bonchev–Trinajstić information content (AvgIpc) is 2.51. The summed E-state index contributed by atoms with van der Waals surface area (Å²) in [7, 11) is 0. The fraction of sp³-hybridized carbons (Fsp3) is 0.444. The number of aromatic nitrogens is 2. The van der Waals surface area contributed by atoms with Crippen LogP contribution in [-0.4, -0.2) is 9.78 Å². The van der Waals surface area contributed by atoms with Crippen molar-refractivity contribution in [3.63, 3.8) is 0 Å². The number of nitrogens with zero attached hydrogens (tertiary/aromatic N) is 4. The predicted octanol–water partition coefficient (Wildman–Crippen LogP) is 1.88. The van der Waals surface area contributed by atoms with E-state index in [1.165, 1.54) is 4.68 Å². The molecule has 0 atom stereocenters. The maximum Gasteiger partial charge on any atom is 0.145 e. The Morgan fingerprint density at radius 1 is 1.50 bits per heavy atom. The van der Waals surface area contributed by atoms with Crippen molar-refractivity contribution >= 4 is 11.6 Å². The third kappa shape index (κ3) is 1.86. The first-order valence-electron chi connectivity index (χ1n) is 4.26. The summed E-state index contributed by atoms with van der Waals surface area (Å²) in [6.45, 7) is 2.35. The molecule has 0 aliphatic carbocycles. The van der Waals surface area contributed by atoms with Gasteiger partial charge in [0.05, 0.1) is 24.7 Å². The highest BCUT2D eigenvalue weighted by atomic mass is 35.5. The van der Waals surface area contributed by atoms with E-state index >= 15 is 0 Å². The fourth-order valence-electron chi connectivity index (χ4n) is 1.15. The van der Waals surface area contributed by atoms with Gasteiger partial charge in [0.15, 0.2) is 0 Å². The van der Waals surface area contributed by atoms with E-state index in [4.69, 9.17) is 22.1 Å². The Hall–Kier alpha value is -1.52. The molecule has 4 nitrogen and oxygen atoms in total. The molecule has 0 spiro atoms. The van der Waals surface area contributed by atoms with E-state index in [9.17, 15) is 0 Å². The molecule has 0 aliphatic rings. The van der Waals surface area contributed by atoms with Crippen LogP contribution in [0.4, 0.5) is 0 Å². The molecular weight excluding hydrogens is 200 g/mol. The minimum atomic E-state index is 0.333. The molecule has 0 aliphatic heterocycles. The topological polar surface area (TPSA) is 65.4 Å². The van der Waals surface area contributed by atoms with Crippen molar-refractivity contribution in [1.82, 2.24) is 9.78 Å². The largest absolute Gasteiger partial charge is 0.251 e. The van der Waals surface area contributed by atoms with Gasteiger partial charge in [0.25, 0.3) is 0 Å². The van der Waals surface area contributed by atoms with Crippen LogP contribution in [0.5, 0.6) is 0 Å². The smallest absolute Gasteiger partial charge is 0.145 e. The summed E-state index contributed by atoms with van der Waals surface area (Å²) in [6, 6.07) is 4.02. The Kier molecular flexibility index (Phi) is 3.50. The molecule has 0 aromatic carbocycles. The molecule has 0 saturated heterocycles. The molecule has 0 fully saturated rings. The van der Waals surface area contributed by atoms with Crippen LogP contribution in [0, 0.1) is 22.7 Å². The van der Waals surface area contributed by atoms with Crippen molar-refractivity contribution in [3.8, 4) is 12.1 Å². The van der Waals surface area contributed by atoms with E-state index in [0.29, 0.717) is 35.8 Å². The number of aryl methyl sites for hydroxylation is 2. The van der Waals surface area contributed by atoms with Gasteiger partial charge in [-0.15, -0.1) is 0 Å². The predicted molar refractivity (Wildman–Crippen MR) is 51.6 cm³/mol. The Bertz CT molecular complexity index is 408. The third-order valence-electron chi connectivity index (χ3n) is 1.85. The SMILES string of the molecule is CCc1nn(CCC#N)c(Cl)c1C#N. The number of hydrogen-bond donors (Lipinski definition) is 0.